The van der Waals surface area contributed by atoms with E-state index in [9.17, 15) is 9.59 Å². The van der Waals surface area contributed by atoms with Crippen LogP contribution in [0.25, 0.3) is 0 Å². The molecule has 0 saturated heterocycles. The predicted octanol–water partition coefficient (Wildman–Crippen LogP) is 1.04. The lowest BCUT2D eigenvalue weighted by Gasteiger charge is -2.20. The Morgan fingerprint density at radius 2 is 1.42 bits per heavy atom. The highest BCUT2D eigenvalue weighted by molar-refractivity contribution is 5.84. The van der Waals surface area contributed by atoms with Crippen molar-refractivity contribution in [2.75, 3.05) is 6.54 Å². The molecule has 2 amide bonds. The van der Waals surface area contributed by atoms with E-state index in [0.29, 0.717) is 12.5 Å². The summed E-state index contributed by atoms with van der Waals surface area (Å²) in [5.41, 5.74) is 0. The minimum absolute atomic E-state index is 0.0650. The second kappa shape index (κ2) is 8.91. The van der Waals surface area contributed by atoms with E-state index >= 15 is 0 Å². The maximum Gasteiger partial charge on any atom is 0.237 e. The Balaban J connectivity index is 4.03. The van der Waals surface area contributed by atoms with Gasteiger partial charge < -0.3 is 10.6 Å². The number of carbonyl (C=O) groups is 2. The van der Waals surface area contributed by atoms with E-state index in [0.717, 1.165) is 6.42 Å². The fourth-order valence-corrected chi connectivity index (χ4v) is 1.57. The number of carbonyl (C=O) groups excluding carboxylic acids is 2. The van der Waals surface area contributed by atoms with Gasteiger partial charge >= 0.3 is 0 Å². The van der Waals surface area contributed by atoms with Crippen LogP contribution in [-0.2, 0) is 9.59 Å². The molecule has 19 heavy (non-hydrogen) atoms. The zero-order valence-corrected chi connectivity index (χ0v) is 13.0. The number of hydrogen-bond donors (Lipinski definition) is 3. The van der Waals surface area contributed by atoms with Crippen molar-refractivity contribution >= 4 is 11.8 Å². The largest absolute Gasteiger partial charge is 0.355 e. The van der Waals surface area contributed by atoms with E-state index in [2.05, 4.69) is 29.8 Å². The average Bonchev–Trinajstić information content (AvgIpc) is 2.27. The molecule has 5 heteroatoms. The SMILES string of the molecule is CC(C)CCNC(=O)C(C)NC(C)C(=O)NC(C)C. The predicted molar refractivity (Wildman–Crippen MR) is 77.8 cm³/mol. The Kier molecular flexibility index (Phi) is 8.39. The lowest BCUT2D eigenvalue weighted by molar-refractivity contribution is -0.125. The number of amides is 2. The molecule has 0 aromatic carbocycles. The lowest BCUT2D eigenvalue weighted by atomic mass is 10.1. The summed E-state index contributed by atoms with van der Waals surface area (Å²) in [5.74, 6) is 0.418. The first-order valence-corrected chi connectivity index (χ1v) is 7.08. The molecule has 2 atom stereocenters. The first-order chi connectivity index (χ1) is 8.73. The van der Waals surface area contributed by atoms with Crippen LogP contribution in [0.3, 0.4) is 0 Å². The quantitative estimate of drug-likeness (QED) is 0.618. The molecule has 0 fully saturated rings. The highest BCUT2D eigenvalue weighted by Gasteiger charge is 2.19. The van der Waals surface area contributed by atoms with Crippen LogP contribution in [0.4, 0.5) is 0 Å². The minimum atomic E-state index is -0.381. The summed E-state index contributed by atoms with van der Waals surface area (Å²) in [4.78, 5) is 23.5. The summed E-state index contributed by atoms with van der Waals surface area (Å²) in [7, 11) is 0. The van der Waals surface area contributed by atoms with E-state index in [-0.39, 0.29) is 29.9 Å². The second-order valence-electron chi connectivity index (χ2n) is 5.75. The van der Waals surface area contributed by atoms with Crippen molar-refractivity contribution in [2.45, 2.75) is 66.1 Å². The van der Waals surface area contributed by atoms with Crippen LogP contribution in [0.5, 0.6) is 0 Å². The number of hydrogen-bond acceptors (Lipinski definition) is 3. The van der Waals surface area contributed by atoms with Gasteiger partial charge in [0.05, 0.1) is 12.1 Å². The van der Waals surface area contributed by atoms with E-state index in [1.165, 1.54) is 0 Å². The fourth-order valence-electron chi connectivity index (χ4n) is 1.57. The molecule has 0 aliphatic rings. The standard InChI is InChI=1S/C14H29N3O2/c1-9(2)7-8-15-13(18)11(5)17-12(6)14(19)16-10(3)4/h9-12,17H,7-8H2,1-6H3,(H,15,18)(H,16,19). The highest BCUT2D eigenvalue weighted by Crippen LogP contribution is 1.97. The van der Waals surface area contributed by atoms with Crippen LogP contribution in [-0.4, -0.2) is 36.5 Å². The van der Waals surface area contributed by atoms with Crippen LogP contribution in [0.15, 0.2) is 0 Å². The topological polar surface area (TPSA) is 70.2 Å². The Morgan fingerprint density at radius 1 is 0.895 bits per heavy atom. The van der Waals surface area contributed by atoms with Gasteiger partial charge in [0.2, 0.25) is 11.8 Å². The maximum atomic E-state index is 11.8. The van der Waals surface area contributed by atoms with Gasteiger partial charge in [-0.1, -0.05) is 13.8 Å². The minimum Gasteiger partial charge on any atom is -0.355 e. The van der Waals surface area contributed by atoms with Crippen molar-refractivity contribution in [1.29, 1.82) is 0 Å². The first kappa shape index (κ1) is 17.9. The summed E-state index contributed by atoms with van der Waals surface area (Å²) < 4.78 is 0. The van der Waals surface area contributed by atoms with Crippen molar-refractivity contribution in [3.63, 3.8) is 0 Å². The van der Waals surface area contributed by atoms with Gasteiger partial charge in [-0.2, -0.15) is 0 Å². The molecule has 0 radical (unpaired) electrons. The molecular formula is C14H29N3O2. The number of rotatable bonds is 8. The molecule has 5 nitrogen and oxygen atoms in total. The Hall–Kier alpha value is -1.10. The normalized spacial score (nSPS) is 14.3. The molecule has 0 aliphatic heterocycles. The molecule has 0 aliphatic carbocycles. The molecular weight excluding hydrogens is 242 g/mol. The summed E-state index contributed by atoms with van der Waals surface area (Å²) >= 11 is 0. The van der Waals surface area contributed by atoms with E-state index in [4.69, 9.17) is 0 Å². The van der Waals surface area contributed by atoms with Gasteiger partial charge in [0.1, 0.15) is 0 Å². The molecule has 0 aromatic heterocycles. The van der Waals surface area contributed by atoms with Gasteiger partial charge in [0.15, 0.2) is 0 Å². The number of nitrogens with one attached hydrogen (secondary N) is 3. The summed E-state index contributed by atoms with van der Waals surface area (Å²) in [6.45, 7) is 12.3. The third kappa shape index (κ3) is 8.59. The van der Waals surface area contributed by atoms with Crippen molar-refractivity contribution < 1.29 is 9.59 Å². The van der Waals surface area contributed by atoms with Crippen molar-refractivity contribution in [3.8, 4) is 0 Å². The summed E-state index contributed by atoms with van der Waals surface area (Å²) in [5, 5.41) is 8.68. The van der Waals surface area contributed by atoms with Gasteiger partial charge in [-0.25, -0.2) is 0 Å². The summed E-state index contributed by atoms with van der Waals surface area (Å²) in [6.07, 6.45) is 0.960. The molecule has 0 spiro atoms. The zero-order valence-electron chi connectivity index (χ0n) is 13.0. The average molecular weight is 271 g/mol. The molecule has 0 bridgehead atoms. The Labute approximate surface area is 116 Å². The van der Waals surface area contributed by atoms with E-state index < -0.39 is 0 Å². The monoisotopic (exact) mass is 271 g/mol. The smallest absolute Gasteiger partial charge is 0.237 e. The van der Waals surface area contributed by atoms with Gasteiger partial charge in [-0.15, -0.1) is 0 Å². The molecule has 3 N–H and O–H groups in total. The molecule has 112 valence electrons. The van der Waals surface area contributed by atoms with Crippen LogP contribution in [0.2, 0.25) is 0 Å². The first-order valence-electron chi connectivity index (χ1n) is 7.08. The van der Waals surface area contributed by atoms with Gasteiger partial charge in [-0.3, -0.25) is 14.9 Å². The lowest BCUT2D eigenvalue weighted by Crippen LogP contribution is -2.52. The maximum absolute atomic E-state index is 11.8. The second-order valence-corrected chi connectivity index (χ2v) is 5.75. The fraction of sp³-hybridized carbons (Fsp3) is 0.857. The van der Waals surface area contributed by atoms with E-state index in [1.54, 1.807) is 13.8 Å². The van der Waals surface area contributed by atoms with Gasteiger partial charge in [-0.05, 0) is 40.0 Å². The third-order valence-corrected chi connectivity index (χ3v) is 2.74. The summed E-state index contributed by atoms with van der Waals surface area (Å²) in [6, 6.07) is -0.653. The Morgan fingerprint density at radius 3 is 1.89 bits per heavy atom. The van der Waals surface area contributed by atoms with Crippen LogP contribution in [0.1, 0.15) is 48.0 Å². The third-order valence-electron chi connectivity index (χ3n) is 2.74. The molecule has 2 unspecified atom stereocenters. The van der Waals surface area contributed by atoms with Crippen molar-refractivity contribution in [3.05, 3.63) is 0 Å². The van der Waals surface area contributed by atoms with Crippen LogP contribution in [0, 0.1) is 5.92 Å². The van der Waals surface area contributed by atoms with Crippen LogP contribution >= 0.6 is 0 Å². The Bertz CT molecular complexity index is 290. The molecule has 0 heterocycles. The van der Waals surface area contributed by atoms with Crippen molar-refractivity contribution in [1.82, 2.24) is 16.0 Å². The van der Waals surface area contributed by atoms with Crippen LogP contribution < -0.4 is 16.0 Å². The zero-order chi connectivity index (χ0) is 15.0. The molecule has 0 aromatic rings. The van der Waals surface area contributed by atoms with Gasteiger partial charge in [0, 0.05) is 12.6 Å². The van der Waals surface area contributed by atoms with Crippen molar-refractivity contribution in [2.24, 2.45) is 5.92 Å². The molecule has 0 saturated carbocycles. The highest BCUT2D eigenvalue weighted by atomic mass is 16.2. The van der Waals surface area contributed by atoms with Gasteiger partial charge in [0.25, 0.3) is 0 Å². The molecule has 0 rings (SSSR count). The van der Waals surface area contributed by atoms with E-state index in [1.807, 2.05) is 13.8 Å².